The van der Waals surface area contributed by atoms with Gasteiger partial charge in [0, 0.05) is 0 Å². The third kappa shape index (κ3) is 2.45. The van der Waals surface area contributed by atoms with Gasteiger partial charge in [0.25, 0.3) is 5.89 Å². The first-order valence-electron chi connectivity index (χ1n) is 6.25. The van der Waals surface area contributed by atoms with E-state index in [1.807, 2.05) is 11.8 Å². The highest BCUT2D eigenvalue weighted by Gasteiger charge is 2.22. The summed E-state index contributed by atoms with van der Waals surface area (Å²) in [6.07, 6.45) is 3.48. The largest absolute Gasteiger partial charge is 0.396 e. The van der Waals surface area contributed by atoms with Crippen LogP contribution in [-0.2, 0) is 0 Å². The van der Waals surface area contributed by atoms with Gasteiger partial charge in [0.2, 0.25) is 0 Å². The number of nitrogen functional groups attached to an aromatic ring is 1. The molecule has 1 aliphatic rings. The first-order chi connectivity index (χ1) is 9.25. The summed E-state index contributed by atoms with van der Waals surface area (Å²) in [6.45, 7) is 0. The van der Waals surface area contributed by atoms with Crippen LogP contribution in [0.15, 0.2) is 22.7 Å². The lowest BCUT2D eigenvalue weighted by molar-refractivity contribution is 0.420. The molecule has 1 fully saturated rings. The number of rotatable bonds is 2. The molecule has 1 aromatic carbocycles. The van der Waals surface area contributed by atoms with Gasteiger partial charge in [0.1, 0.15) is 5.82 Å². The normalized spacial score (nSPS) is 19.5. The Kier molecular flexibility index (Phi) is 3.42. The van der Waals surface area contributed by atoms with Crippen LogP contribution in [0.1, 0.15) is 30.3 Å². The van der Waals surface area contributed by atoms with E-state index in [2.05, 4.69) is 10.1 Å². The second-order valence-electron chi connectivity index (χ2n) is 4.51. The van der Waals surface area contributed by atoms with Crippen LogP contribution in [0, 0.1) is 5.82 Å². The highest BCUT2D eigenvalue weighted by atomic mass is 32.2. The topological polar surface area (TPSA) is 64.9 Å². The van der Waals surface area contributed by atoms with E-state index in [0.29, 0.717) is 11.4 Å². The Bertz CT molecular complexity index is 581. The van der Waals surface area contributed by atoms with Crippen molar-refractivity contribution < 1.29 is 8.91 Å². The molecule has 19 heavy (non-hydrogen) atoms. The minimum Gasteiger partial charge on any atom is -0.396 e. The fourth-order valence-corrected chi connectivity index (χ4v) is 3.38. The number of aromatic nitrogens is 2. The van der Waals surface area contributed by atoms with Crippen molar-refractivity contribution in [3.63, 3.8) is 0 Å². The molecule has 0 amide bonds. The van der Waals surface area contributed by atoms with E-state index in [4.69, 9.17) is 10.3 Å². The van der Waals surface area contributed by atoms with Crippen LogP contribution in [-0.4, -0.2) is 15.9 Å². The number of hydrogen-bond donors (Lipinski definition) is 1. The van der Waals surface area contributed by atoms with Gasteiger partial charge in [0.05, 0.1) is 16.5 Å². The lowest BCUT2D eigenvalue weighted by Gasteiger charge is -2.17. The zero-order valence-corrected chi connectivity index (χ0v) is 11.1. The van der Waals surface area contributed by atoms with Crippen molar-refractivity contribution in [3.05, 3.63) is 29.8 Å². The summed E-state index contributed by atoms with van der Waals surface area (Å²) in [6, 6.07) is 4.58. The second-order valence-corrected chi connectivity index (χ2v) is 5.82. The van der Waals surface area contributed by atoms with Crippen LogP contribution in [0.25, 0.3) is 11.5 Å². The van der Waals surface area contributed by atoms with Gasteiger partial charge < -0.3 is 10.3 Å². The number of nitrogens with zero attached hydrogens (tertiary/aromatic N) is 2. The molecule has 1 atom stereocenters. The Labute approximate surface area is 114 Å². The predicted molar refractivity (Wildman–Crippen MR) is 73.2 cm³/mol. The molecule has 1 aliphatic heterocycles. The van der Waals surface area contributed by atoms with Gasteiger partial charge in [-0.15, -0.1) is 0 Å². The maximum absolute atomic E-state index is 13.4. The molecular formula is C13H14FN3OS. The Morgan fingerprint density at radius 2 is 2.26 bits per heavy atom. The lowest BCUT2D eigenvalue weighted by Crippen LogP contribution is -2.03. The molecule has 1 saturated heterocycles. The summed E-state index contributed by atoms with van der Waals surface area (Å²) < 4.78 is 18.6. The van der Waals surface area contributed by atoms with Crippen molar-refractivity contribution in [1.29, 1.82) is 0 Å². The molecule has 2 N–H and O–H groups in total. The molecule has 6 heteroatoms. The fourth-order valence-electron chi connectivity index (χ4n) is 2.14. The summed E-state index contributed by atoms with van der Waals surface area (Å²) in [5.74, 6) is 1.63. The number of hydrogen-bond acceptors (Lipinski definition) is 5. The first kappa shape index (κ1) is 12.5. The summed E-state index contributed by atoms with van der Waals surface area (Å²) in [5.41, 5.74) is 6.20. The second kappa shape index (κ2) is 5.21. The lowest BCUT2D eigenvalue weighted by atomic mass is 10.1. The van der Waals surface area contributed by atoms with Gasteiger partial charge in [-0.2, -0.15) is 16.7 Å². The number of thioether (sulfide) groups is 1. The monoisotopic (exact) mass is 279 g/mol. The minimum atomic E-state index is -0.468. The average molecular weight is 279 g/mol. The third-order valence-electron chi connectivity index (χ3n) is 3.19. The minimum absolute atomic E-state index is 0.0500. The molecule has 1 aromatic heterocycles. The molecule has 3 rings (SSSR count). The number of halogens is 1. The zero-order chi connectivity index (χ0) is 13.2. The van der Waals surface area contributed by atoms with Crippen LogP contribution in [0.4, 0.5) is 10.1 Å². The van der Waals surface area contributed by atoms with Crippen molar-refractivity contribution in [1.82, 2.24) is 10.1 Å². The van der Waals surface area contributed by atoms with E-state index in [1.54, 1.807) is 12.1 Å². The summed E-state index contributed by atoms with van der Waals surface area (Å²) >= 11 is 1.84. The van der Waals surface area contributed by atoms with E-state index in [1.165, 1.54) is 18.9 Å². The smallest absolute Gasteiger partial charge is 0.260 e. The van der Waals surface area contributed by atoms with Crippen molar-refractivity contribution in [2.45, 2.75) is 24.5 Å². The van der Waals surface area contributed by atoms with Gasteiger partial charge in [-0.05, 0) is 30.7 Å². The van der Waals surface area contributed by atoms with Gasteiger partial charge >= 0.3 is 0 Å². The van der Waals surface area contributed by atoms with Crippen LogP contribution in [0.5, 0.6) is 0 Å². The Morgan fingerprint density at radius 3 is 3.05 bits per heavy atom. The molecular weight excluding hydrogens is 265 g/mol. The zero-order valence-electron chi connectivity index (χ0n) is 10.3. The molecule has 100 valence electrons. The van der Waals surface area contributed by atoms with E-state index in [0.717, 1.165) is 12.2 Å². The van der Waals surface area contributed by atoms with Gasteiger partial charge in [0.15, 0.2) is 5.82 Å². The van der Waals surface area contributed by atoms with Crippen molar-refractivity contribution in [3.8, 4) is 11.5 Å². The highest BCUT2D eigenvalue weighted by molar-refractivity contribution is 7.99. The van der Waals surface area contributed by atoms with E-state index < -0.39 is 5.82 Å². The van der Waals surface area contributed by atoms with Crippen LogP contribution >= 0.6 is 11.8 Å². The van der Waals surface area contributed by atoms with Crippen molar-refractivity contribution in [2.24, 2.45) is 0 Å². The molecule has 4 nitrogen and oxygen atoms in total. The van der Waals surface area contributed by atoms with Crippen LogP contribution < -0.4 is 5.73 Å². The molecule has 0 radical (unpaired) electrons. The maximum Gasteiger partial charge on any atom is 0.260 e. The highest BCUT2D eigenvalue weighted by Crippen LogP contribution is 2.37. The first-order valence-corrected chi connectivity index (χ1v) is 7.30. The fraction of sp³-hybridized carbons (Fsp3) is 0.385. The Balaban J connectivity index is 1.90. The molecule has 0 aliphatic carbocycles. The molecule has 0 saturated carbocycles. The molecule has 1 unspecified atom stereocenters. The number of para-hydroxylation sites is 1. The van der Waals surface area contributed by atoms with E-state index >= 15 is 0 Å². The summed E-state index contributed by atoms with van der Waals surface area (Å²) in [5, 5.41) is 4.28. The average Bonchev–Trinajstić information content (AvgIpc) is 2.92. The third-order valence-corrected chi connectivity index (χ3v) is 4.57. The Morgan fingerprint density at radius 1 is 1.37 bits per heavy atom. The van der Waals surface area contributed by atoms with Crippen LogP contribution in [0.2, 0.25) is 0 Å². The van der Waals surface area contributed by atoms with Crippen molar-refractivity contribution >= 4 is 17.4 Å². The molecule has 0 bridgehead atoms. The predicted octanol–water partition coefficient (Wildman–Crippen LogP) is 3.42. The molecule has 2 aromatic rings. The number of nitrogens with two attached hydrogens (primary N) is 1. The standard InChI is InChI=1S/C13H14FN3OS/c14-9-5-3-4-8(11(9)15)13-16-12(17-18-13)10-6-1-2-7-19-10/h3-5,10H,1-2,6-7,15H2. The maximum atomic E-state index is 13.4. The van der Waals surface area contributed by atoms with Crippen molar-refractivity contribution in [2.75, 3.05) is 11.5 Å². The quantitative estimate of drug-likeness (QED) is 0.853. The number of anilines is 1. The van der Waals surface area contributed by atoms with E-state index in [9.17, 15) is 4.39 Å². The van der Waals surface area contributed by atoms with Crippen LogP contribution in [0.3, 0.4) is 0 Å². The molecule has 2 heterocycles. The molecule has 0 spiro atoms. The van der Waals surface area contributed by atoms with E-state index in [-0.39, 0.29) is 16.8 Å². The van der Waals surface area contributed by atoms with Gasteiger partial charge in [-0.1, -0.05) is 17.6 Å². The Hall–Kier alpha value is -1.56. The number of benzene rings is 1. The van der Waals surface area contributed by atoms with Gasteiger partial charge in [-0.25, -0.2) is 4.39 Å². The SMILES string of the molecule is Nc1c(F)cccc1-c1nc(C2CCCCS2)no1. The summed E-state index contributed by atoms with van der Waals surface area (Å²) in [4.78, 5) is 4.36. The van der Waals surface area contributed by atoms with Gasteiger partial charge in [-0.3, -0.25) is 0 Å². The summed E-state index contributed by atoms with van der Waals surface area (Å²) in [7, 11) is 0.